The van der Waals surface area contributed by atoms with Gasteiger partial charge in [0.15, 0.2) is 5.78 Å². The second-order valence-electron chi connectivity index (χ2n) is 6.64. The Hall–Kier alpha value is -3.44. The Labute approximate surface area is 179 Å². The third-order valence-corrected chi connectivity index (χ3v) is 4.71. The van der Waals surface area contributed by atoms with E-state index in [-0.39, 0.29) is 29.4 Å². The number of nitrogens with one attached hydrogen (secondary N) is 1. The highest BCUT2D eigenvalue weighted by Gasteiger charge is 2.21. The summed E-state index contributed by atoms with van der Waals surface area (Å²) in [5.41, 5.74) is 1.62. The standard InChI is InChI=1S/C24H20ClNO4/c1-16(27)26-22(17-7-3-2-4-8-17)15-30-24(29)21-10-6-5-9-20(21)23(28)18-11-13-19(25)14-12-18/h2-14,22H,15H2,1H3,(H,26,27). The Bertz CT molecular complexity index is 1050. The summed E-state index contributed by atoms with van der Waals surface area (Å²) in [6.07, 6.45) is 0. The van der Waals surface area contributed by atoms with E-state index in [0.29, 0.717) is 10.6 Å². The number of rotatable bonds is 7. The van der Waals surface area contributed by atoms with E-state index >= 15 is 0 Å². The van der Waals surface area contributed by atoms with Crippen LogP contribution in [0.4, 0.5) is 0 Å². The topological polar surface area (TPSA) is 72.5 Å². The van der Waals surface area contributed by atoms with Gasteiger partial charge in [0, 0.05) is 23.1 Å². The summed E-state index contributed by atoms with van der Waals surface area (Å²) in [6.45, 7) is 1.34. The minimum Gasteiger partial charge on any atom is -0.460 e. The normalized spacial score (nSPS) is 11.4. The molecule has 3 aromatic rings. The lowest BCUT2D eigenvalue weighted by Crippen LogP contribution is -2.30. The highest BCUT2D eigenvalue weighted by Crippen LogP contribution is 2.19. The maximum absolute atomic E-state index is 12.9. The van der Waals surface area contributed by atoms with Crippen molar-refractivity contribution in [2.75, 3.05) is 6.61 Å². The average Bonchev–Trinajstić information content (AvgIpc) is 2.77. The fourth-order valence-corrected chi connectivity index (χ4v) is 3.13. The highest BCUT2D eigenvalue weighted by molar-refractivity contribution is 6.30. The Kier molecular flexibility index (Phi) is 6.99. The van der Waals surface area contributed by atoms with Crippen molar-refractivity contribution in [1.29, 1.82) is 0 Å². The zero-order valence-electron chi connectivity index (χ0n) is 16.3. The lowest BCUT2D eigenvalue weighted by Gasteiger charge is -2.19. The first-order valence-corrected chi connectivity index (χ1v) is 9.72. The van der Waals surface area contributed by atoms with Gasteiger partial charge in [0.05, 0.1) is 11.6 Å². The van der Waals surface area contributed by atoms with Crippen molar-refractivity contribution in [3.8, 4) is 0 Å². The molecule has 0 heterocycles. The zero-order valence-corrected chi connectivity index (χ0v) is 17.1. The molecule has 0 aliphatic rings. The van der Waals surface area contributed by atoms with E-state index < -0.39 is 12.0 Å². The molecule has 0 saturated carbocycles. The Morgan fingerprint density at radius 1 is 0.867 bits per heavy atom. The second-order valence-corrected chi connectivity index (χ2v) is 7.08. The molecule has 1 amide bonds. The lowest BCUT2D eigenvalue weighted by molar-refractivity contribution is -0.120. The first-order valence-electron chi connectivity index (χ1n) is 9.34. The first kappa shape index (κ1) is 21.3. The molecule has 0 saturated heterocycles. The molecule has 0 aliphatic heterocycles. The Balaban J connectivity index is 1.79. The number of halogens is 1. The molecule has 0 radical (unpaired) electrons. The molecule has 0 fully saturated rings. The van der Waals surface area contributed by atoms with Crippen LogP contribution >= 0.6 is 11.6 Å². The van der Waals surface area contributed by atoms with E-state index in [9.17, 15) is 14.4 Å². The van der Waals surface area contributed by atoms with Crippen LogP contribution in [0, 0.1) is 0 Å². The molecule has 5 nitrogen and oxygen atoms in total. The van der Waals surface area contributed by atoms with E-state index in [4.69, 9.17) is 16.3 Å². The summed E-state index contributed by atoms with van der Waals surface area (Å²) in [4.78, 5) is 37.2. The van der Waals surface area contributed by atoms with Crippen LogP contribution in [0.2, 0.25) is 5.02 Å². The lowest BCUT2D eigenvalue weighted by atomic mass is 9.98. The number of carbonyl (C=O) groups is 3. The molecule has 0 bridgehead atoms. The SMILES string of the molecule is CC(=O)NC(COC(=O)c1ccccc1C(=O)c1ccc(Cl)cc1)c1ccccc1. The Morgan fingerprint density at radius 3 is 2.10 bits per heavy atom. The molecule has 1 unspecified atom stereocenters. The summed E-state index contributed by atoms with van der Waals surface area (Å²) in [7, 11) is 0. The van der Waals surface area contributed by atoms with Gasteiger partial charge in [0.2, 0.25) is 5.91 Å². The van der Waals surface area contributed by atoms with Crippen molar-refractivity contribution < 1.29 is 19.1 Å². The summed E-state index contributed by atoms with van der Waals surface area (Å²) < 4.78 is 5.46. The predicted molar refractivity (Wildman–Crippen MR) is 115 cm³/mol. The number of hydrogen-bond donors (Lipinski definition) is 1. The van der Waals surface area contributed by atoms with Gasteiger partial charge in [-0.1, -0.05) is 60.1 Å². The molecule has 0 aromatic heterocycles. The van der Waals surface area contributed by atoms with Crippen molar-refractivity contribution in [1.82, 2.24) is 5.32 Å². The number of amides is 1. The van der Waals surface area contributed by atoms with Gasteiger partial charge in [-0.2, -0.15) is 0 Å². The summed E-state index contributed by atoms with van der Waals surface area (Å²) in [5.74, 6) is -1.18. The van der Waals surface area contributed by atoms with Crippen LogP contribution < -0.4 is 5.32 Å². The van der Waals surface area contributed by atoms with Crippen LogP contribution in [-0.4, -0.2) is 24.3 Å². The van der Waals surface area contributed by atoms with Gasteiger partial charge < -0.3 is 10.1 Å². The van der Waals surface area contributed by atoms with Crippen LogP contribution in [0.3, 0.4) is 0 Å². The molecule has 1 N–H and O–H groups in total. The third kappa shape index (κ3) is 5.33. The largest absolute Gasteiger partial charge is 0.460 e. The molecule has 1 atom stereocenters. The van der Waals surface area contributed by atoms with Gasteiger partial charge in [-0.25, -0.2) is 4.79 Å². The molecule has 6 heteroatoms. The van der Waals surface area contributed by atoms with Crippen LogP contribution in [0.25, 0.3) is 0 Å². The summed E-state index contributed by atoms with van der Waals surface area (Å²) in [5, 5.41) is 3.29. The molecule has 0 spiro atoms. The Morgan fingerprint density at radius 2 is 1.47 bits per heavy atom. The maximum atomic E-state index is 12.9. The third-order valence-electron chi connectivity index (χ3n) is 4.46. The van der Waals surface area contributed by atoms with E-state index in [0.717, 1.165) is 5.56 Å². The van der Waals surface area contributed by atoms with Gasteiger partial charge >= 0.3 is 5.97 Å². The van der Waals surface area contributed by atoms with Gasteiger partial charge in [0.25, 0.3) is 0 Å². The molecule has 3 aromatic carbocycles. The highest BCUT2D eigenvalue weighted by atomic mass is 35.5. The second kappa shape index (κ2) is 9.85. The van der Waals surface area contributed by atoms with Gasteiger partial charge in [0.1, 0.15) is 6.61 Å². The van der Waals surface area contributed by atoms with Crippen LogP contribution in [-0.2, 0) is 9.53 Å². The number of esters is 1. The van der Waals surface area contributed by atoms with Crippen molar-refractivity contribution in [3.05, 3.63) is 106 Å². The van der Waals surface area contributed by atoms with Crippen LogP contribution in [0.15, 0.2) is 78.9 Å². The number of carbonyl (C=O) groups excluding carboxylic acids is 3. The minimum atomic E-state index is -0.640. The average molecular weight is 422 g/mol. The van der Waals surface area contributed by atoms with E-state index in [1.807, 2.05) is 30.3 Å². The maximum Gasteiger partial charge on any atom is 0.338 e. The van der Waals surface area contributed by atoms with Crippen molar-refractivity contribution >= 4 is 29.3 Å². The number of benzene rings is 3. The fraction of sp³-hybridized carbons (Fsp3) is 0.125. The summed E-state index contributed by atoms with van der Waals surface area (Å²) in [6, 6.07) is 21.6. The minimum absolute atomic E-state index is 0.0636. The van der Waals surface area contributed by atoms with Crippen LogP contribution in [0.5, 0.6) is 0 Å². The van der Waals surface area contributed by atoms with E-state index in [1.54, 1.807) is 48.5 Å². The summed E-state index contributed by atoms with van der Waals surface area (Å²) >= 11 is 5.89. The van der Waals surface area contributed by atoms with Gasteiger partial charge in [-0.05, 0) is 35.9 Å². The van der Waals surface area contributed by atoms with Gasteiger partial charge in [-0.3, -0.25) is 9.59 Å². The molecular formula is C24H20ClNO4. The monoisotopic (exact) mass is 421 g/mol. The quantitative estimate of drug-likeness (QED) is 0.447. The molecule has 0 aliphatic carbocycles. The predicted octanol–water partition coefficient (Wildman–Crippen LogP) is 4.61. The molecule has 3 rings (SSSR count). The van der Waals surface area contributed by atoms with Crippen molar-refractivity contribution in [3.63, 3.8) is 0 Å². The number of ketones is 1. The van der Waals surface area contributed by atoms with Crippen molar-refractivity contribution in [2.45, 2.75) is 13.0 Å². The smallest absolute Gasteiger partial charge is 0.338 e. The van der Waals surface area contributed by atoms with Gasteiger partial charge in [-0.15, -0.1) is 0 Å². The molecular weight excluding hydrogens is 402 g/mol. The fourth-order valence-electron chi connectivity index (χ4n) is 3.00. The van der Waals surface area contributed by atoms with E-state index in [1.165, 1.54) is 6.92 Å². The molecule has 30 heavy (non-hydrogen) atoms. The van der Waals surface area contributed by atoms with Crippen LogP contribution in [0.1, 0.15) is 44.8 Å². The van der Waals surface area contributed by atoms with E-state index in [2.05, 4.69) is 5.32 Å². The van der Waals surface area contributed by atoms with Crippen molar-refractivity contribution in [2.24, 2.45) is 0 Å². The molecule has 152 valence electrons. The first-order chi connectivity index (χ1) is 14.5. The number of ether oxygens (including phenoxy) is 1. The zero-order chi connectivity index (χ0) is 21.5. The number of hydrogen-bond acceptors (Lipinski definition) is 4.